The van der Waals surface area contributed by atoms with Crippen LogP contribution in [0.3, 0.4) is 0 Å². The molecule has 0 aliphatic heterocycles. The minimum absolute atomic E-state index is 0.0191. The Balaban J connectivity index is 2.14. The molecule has 1 amide bonds. The zero-order chi connectivity index (χ0) is 10.1. The van der Waals surface area contributed by atoms with Crippen molar-refractivity contribution < 1.29 is 4.79 Å². The van der Waals surface area contributed by atoms with Gasteiger partial charge in [0.1, 0.15) is 0 Å². The van der Waals surface area contributed by atoms with Crippen molar-refractivity contribution in [3.05, 3.63) is 34.3 Å². The van der Waals surface area contributed by atoms with E-state index in [2.05, 4.69) is 5.32 Å². The molecule has 0 aromatic heterocycles. The van der Waals surface area contributed by atoms with Gasteiger partial charge in [0.2, 0.25) is 0 Å². The first kappa shape index (κ1) is 9.53. The number of carbonyl (C=O) groups excluding carboxylic acids is 1. The number of amides is 1. The van der Waals surface area contributed by atoms with Crippen LogP contribution in [-0.2, 0) is 0 Å². The van der Waals surface area contributed by atoms with Crippen molar-refractivity contribution in [3.8, 4) is 0 Å². The summed E-state index contributed by atoms with van der Waals surface area (Å²) in [4.78, 5) is 11.6. The maximum atomic E-state index is 11.6. The lowest BCUT2D eigenvalue weighted by molar-refractivity contribution is 0.0951. The third kappa shape index (κ3) is 2.07. The topological polar surface area (TPSA) is 29.1 Å². The molecule has 1 aromatic rings. The quantitative estimate of drug-likeness (QED) is 0.797. The fourth-order valence-corrected chi connectivity index (χ4v) is 1.41. The van der Waals surface area contributed by atoms with E-state index in [1.165, 1.54) is 0 Å². The molecular weight excluding hydrogens is 198 g/mol. The molecule has 14 heavy (non-hydrogen) atoms. The van der Waals surface area contributed by atoms with Crippen LogP contribution in [0.4, 0.5) is 0 Å². The molecule has 0 spiro atoms. The van der Waals surface area contributed by atoms with E-state index in [0.717, 1.165) is 18.4 Å². The van der Waals surface area contributed by atoms with Gasteiger partial charge in [-0.2, -0.15) is 0 Å². The number of hydrogen-bond acceptors (Lipinski definition) is 1. The predicted molar refractivity (Wildman–Crippen MR) is 56.7 cm³/mol. The number of aryl methyl sites for hydroxylation is 1. The van der Waals surface area contributed by atoms with Crippen LogP contribution in [0, 0.1) is 6.92 Å². The Bertz CT molecular complexity index is 372. The van der Waals surface area contributed by atoms with Crippen molar-refractivity contribution in [2.24, 2.45) is 0 Å². The zero-order valence-electron chi connectivity index (χ0n) is 8.01. The average molecular weight is 210 g/mol. The summed E-state index contributed by atoms with van der Waals surface area (Å²) in [5.41, 5.74) is 1.64. The molecule has 3 heteroatoms. The highest BCUT2D eigenvalue weighted by Gasteiger charge is 2.23. The van der Waals surface area contributed by atoms with Gasteiger partial charge in [0.05, 0.1) is 0 Å². The van der Waals surface area contributed by atoms with Gasteiger partial charge in [-0.25, -0.2) is 0 Å². The van der Waals surface area contributed by atoms with Crippen molar-refractivity contribution in [3.63, 3.8) is 0 Å². The SMILES string of the molecule is Cc1ccc(C(=O)NC2CC2)cc1Cl. The standard InChI is InChI=1S/C11H12ClNO/c1-7-2-3-8(6-10(7)12)11(14)13-9-4-5-9/h2-3,6,9H,4-5H2,1H3,(H,13,14). The molecule has 1 aliphatic carbocycles. The molecule has 0 heterocycles. The summed E-state index contributed by atoms with van der Waals surface area (Å²) in [6, 6.07) is 5.78. The number of hydrogen-bond donors (Lipinski definition) is 1. The van der Waals surface area contributed by atoms with Crippen LogP contribution in [0.5, 0.6) is 0 Å². The first-order valence-electron chi connectivity index (χ1n) is 4.74. The summed E-state index contributed by atoms with van der Waals surface area (Å²) in [6.07, 6.45) is 2.21. The highest BCUT2D eigenvalue weighted by Crippen LogP contribution is 2.21. The smallest absolute Gasteiger partial charge is 0.251 e. The van der Waals surface area contributed by atoms with Crippen molar-refractivity contribution in [2.45, 2.75) is 25.8 Å². The Labute approximate surface area is 88.3 Å². The lowest BCUT2D eigenvalue weighted by Gasteiger charge is -2.04. The molecule has 1 fully saturated rings. The lowest BCUT2D eigenvalue weighted by Crippen LogP contribution is -2.25. The number of rotatable bonds is 2. The lowest BCUT2D eigenvalue weighted by atomic mass is 10.1. The molecule has 0 atom stereocenters. The van der Waals surface area contributed by atoms with Gasteiger partial charge < -0.3 is 5.32 Å². The van der Waals surface area contributed by atoms with E-state index < -0.39 is 0 Å². The average Bonchev–Trinajstić information content (AvgIpc) is 2.93. The molecule has 2 nitrogen and oxygen atoms in total. The fourth-order valence-electron chi connectivity index (χ4n) is 1.23. The molecule has 1 aromatic carbocycles. The molecule has 0 unspecified atom stereocenters. The van der Waals surface area contributed by atoms with Crippen LogP contribution in [-0.4, -0.2) is 11.9 Å². The Morgan fingerprint density at radius 1 is 1.50 bits per heavy atom. The number of nitrogens with one attached hydrogen (secondary N) is 1. The van der Waals surface area contributed by atoms with Gasteiger partial charge in [0.25, 0.3) is 5.91 Å². The predicted octanol–water partition coefficient (Wildman–Crippen LogP) is 2.54. The van der Waals surface area contributed by atoms with E-state index in [9.17, 15) is 4.79 Å². The number of carbonyl (C=O) groups is 1. The van der Waals surface area contributed by atoms with Crippen LogP contribution in [0.15, 0.2) is 18.2 Å². The van der Waals surface area contributed by atoms with Gasteiger partial charge >= 0.3 is 0 Å². The molecule has 0 saturated heterocycles. The van der Waals surface area contributed by atoms with Crippen molar-refractivity contribution in [2.75, 3.05) is 0 Å². The van der Waals surface area contributed by atoms with Gasteiger partial charge in [-0.15, -0.1) is 0 Å². The van der Waals surface area contributed by atoms with Gasteiger partial charge in [0, 0.05) is 16.6 Å². The van der Waals surface area contributed by atoms with Gasteiger partial charge in [0.15, 0.2) is 0 Å². The van der Waals surface area contributed by atoms with Crippen LogP contribution in [0.2, 0.25) is 5.02 Å². The zero-order valence-corrected chi connectivity index (χ0v) is 8.77. The van der Waals surface area contributed by atoms with Crippen LogP contribution < -0.4 is 5.32 Å². The van der Waals surface area contributed by atoms with E-state index in [0.29, 0.717) is 16.6 Å². The van der Waals surface area contributed by atoms with Crippen LogP contribution >= 0.6 is 11.6 Å². The third-order valence-electron chi connectivity index (χ3n) is 2.35. The second kappa shape index (κ2) is 3.62. The highest BCUT2D eigenvalue weighted by molar-refractivity contribution is 6.31. The molecule has 1 N–H and O–H groups in total. The monoisotopic (exact) mass is 209 g/mol. The molecule has 1 saturated carbocycles. The molecular formula is C11H12ClNO. The van der Waals surface area contributed by atoms with Crippen molar-refractivity contribution >= 4 is 17.5 Å². The summed E-state index contributed by atoms with van der Waals surface area (Å²) in [6.45, 7) is 1.92. The van der Waals surface area contributed by atoms with E-state index in [-0.39, 0.29) is 5.91 Å². The van der Waals surface area contributed by atoms with Crippen LogP contribution in [0.1, 0.15) is 28.8 Å². The van der Waals surface area contributed by atoms with Crippen molar-refractivity contribution in [1.29, 1.82) is 0 Å². The summed E-state index contributed by atoms with van der Waals surface area (Å²) in [5.74, 6) is -0.0191. The number of halogens is 1. The van der Waals surface area contributed by atoms with Gasteiger partial charge in [-0.05, 0) is 37.5 Å². The second-order valence-corrected chi connectivity index (χ2v) is 4.12. The first-order valence-corrected chi connectivity index (χ1v) is 5.11. The maximum Gasteiger partial charge on any atom is 0.251 e. The fraction of sp³-hybridized carbons (Fsp3) is 0.364. The van der Waals surface area contributed by atoms with E-state index in [1.54, 1.807) is 12.1 Å². The van der Waals surface area contributed by atoms with Gasteiger partial charge in [-0.1, -0.05) is 17.7 Å². The summed E-state index contributed by atoms with van der Waals surface area (Å²) >= 11 is 5.93. The molecule has 2 rings (SSSR count). The second-order valence-electron chi connectivity index (χ2n) is 3.71. The van der Waals surface area contributed by atoms with E-state index in [4.69, 9.17) is 11.6 Å². The van der Waals surface area contributed by atoms with Crippen LogP contribution in [0.25, 0.3) is 0 Å². The normalized spacial score (nSPS) is 15.3. The Hall–Kier alpha value is -1.02. The Morgan fingerprint density at radius 2 is 2.21 bits per heavy atom. The van der Waals surface area contributed by atoms with E-state index in [1.807, 2.05) is 13.0 Å². The van der Waals surface area contributed by atoms with Crippen molar-refractivity contribution in [1.82, 2.24) is 5.32 Å². The minimum Gasteiger partial charge on any atom is -0.349 e. The molecule has 1 aliphatic rings. The largest absolute Gasteiger partial charge is 0.349 e. The molecule has 74 valence electrons. The first-order chi connectivity index (χ1) is 6.66. The molecule has 0 bridgehead atoms. The summed E-state index contributed by atoms with van der Waals surface area (Å²) < 4.78 is 0. The summed E-state index contributed by atoms with van der Waals surface area (Å²) in [5, 5.41) is 3.57. The third-order valence-corrected chi connectivity index (χ3v) is 2.75. The summed E-state index contributed by atoms with van der Waals surface area (Å²) in [7, 11) is 0. The highest BCUT2D eigenvalue weighted by atomic mass is 35.5. The Morgan fingerprint density at radius 3 is 2.79 bits per heavy atom. The minimum atomic E-state index is -0.0191. The number of benzene rings is 1. The molecule has 0 radical (unpaired) electrons. The van der Waals surface area contributed by atoms with E-state index >= 15 is 0 Å². The van der Waals surface area contributed by atoms with Gasteiger partial charge in [-0.3, -0.25) is 4.79 Å². The Kier molecular flexibility index (Phi) is 2.46. The maximum absolute atomic E-state index is 11.6.